The topological polar surface area (TPSA) is 78.9 Å². The number of piperazine rings is 1. The Hall–Kier alpha value is -1.14. The number of hydrogen-bond donors (Lipinski definition) is 2. The Balaban J connectivity index is 1.88. The van der Waals surface area contributed by atoms with Crippen molar-refractivity contribution in [1.82, 2.24) is 10.2 Å². The van der Waals surface area contributed by atoms with Crippen molar-refractivity contribution in [2.75, 3.05) is 26.2 Å². The van der Waals surface area contributed by atoms with Gasteiger partial charge in [-0.15, -0.1) is 0 Å². The van der Waals surface area contributed by atoms with Crippen LogP contribution in [-0.4, -0.2) is 60.3 Å². The van der Waals surface area contributed by atoms with E-state index in [1.807, 2.05) is 0 Å². The van der Waals surface area contributed by atoms with E-state index in [0.717, 1.165) is 19.4 Å². The number of carboxylic acid groups (broad SMARTS) is 1. The first kappa shape index (κ1) is 12.3. The molecule has 6 heteroatoms. The molecular weight excluding hydrogens is 224 g/mol. The van der Waals surface area contributed by atoms with E-state index in [0.29, 0.717) is 19.6 Å². The summed E-state index contributed by atoms with van der Waals surface area (Å²) in [6.45, 7) is 2.64. The number of nitrogens with zero attached hydrogens (tertiary/aromatic N) is 1. The molecule has 2 fully saturated rings. The highest BCUT2D eigenvalue weighted by Gasteiger charge is 2.32. The van der Waals surface area contributed by atoms with Crippen LogP contribution < -0.4 is 5.32 Å². The zero-order chi connectivity index (χ0) is 12.3. The molecule has 0 saturated carbocycles. The van der Waals surface area contributed by atoms with E-state index in [-0.39, 0.29) is 18.4 Å². The molecule has 2 unspecified atom stereocenters. The molecule has 0 radical (unpaired) electrons. The van der Waals surface area contributed by atoms with Crippen LogP contribution in [0.15, 0.2) is 0 Å². The van der Waals surface area contributed by atoms with E-state index in [2.05, 4.69) is 5.32 Å². The standard InChI is InChI=1S/C11H18N2O4/c14-10(15)6-9-11(16)13(4-3-12-9)7-8-2-1-5-17-8/h8-9,12H,1-7H2,(H,14,15). The Morgan fingerprint density at radius 3 is 3.06 bits per heavy atom. The number of hydrogen-bond acceptors (Lipinski definition) is 4. The van der Waals surface area contributed by atoms with E-state index < -0.39 is 12.0 Å². The highest BCUT2D eigenvalue weighted by molar-refractivity contribution is 5.86. The second-order valence-electron chi connectivity index (χ2n) is 4.52. The summed E-state index contributed by atoms with van der Waals surface area (Å²) in [5.74, 6) is -1.07. The minimum absolute atomic E-state index is 0.117. The first-order valence-electron chi connectivity index (χ1n) is 6.02. The van der Waals surface area contributed by atoms with Gasteiger partial charge in [0.1, 0.15) is 0 Å². The maximum atomic E-state index is 12.0. The van der Waals surface area contributed by atoms with Gasteiger partial charge in [0, 0.05) is 26.2 Å². The fourth-order valence-corrected chi connectivity index (χ4v) is 2.34. The molecule has 2 heterocycles. The van der Waals surface area contributed by atoms with Gasteiger partial charge in [-0.1, -0.05) is 0 Å². The van der Waals surface area contributed by atoms with Gasteiger partial charge in [-0.3, -0.25) is 9.59 Å². The normalized spacial score (nSPS) is 29.6. The van der Waals surface area contributed by atoms with Crippen LogP contribution in [0.3, 0.4) is 0 Å². The first-order valence-corrected chi connectivity index (χ1v) is 6.02. The van der Waals surface area contributed by atoms with Crippen molar-refractivity contribution in [1.29, 1.82) is 0 Å². The van der Waals surface area contributed by atoms with E-state index in [9.17, 15) is 9.59 Å². The maximum absolute atomic E-state index is 12.0. The lowest BCUT2D eigenvalue weighted by molar-refractivity contribution is -0.144. The Morgan fingerprint density at radius 2 is 2.41 bits per heavy atom. The van der Waals surface area contributed by atoms with Crippen molar-refractivity contribution in [3.63, 3.8) is 0 Å². The van der Waals surface area contributed by atoms with Crippen molar-refractivity contribution in [3.05, 3.63) is 0 Å². The lowest BCUT2D eigenvalue weighted by atomic mass is 10.1. The van der Waals surface area contributed by atoms with Gasteiger partial charge in [-0.2, -0.15) is 0 Å². The Labute approximate surface area is 99.9 Å². The van der Waals surface area contributed by atoms with E-state index in [1.165, 1.54) is 0 Å². The third-order valence-corrected chi connectivity index (χ3v) is 3.21. The molecule has 0 bridgehead atoms. The molecule has 2 aliphatic heterocycles. The number of aliphatic carboxylic acids is 1. The number of nitrogens with one attached hydrogen (secondary N) is 1. The first-order chi connectivity index (χ1) is 8.16. The fourth-order valence-electron chi connectivity index (χ4n) is 2.34. The molecule has 0 aliphatic carbocycles. The average molecular weight is 242 g/mol. The van der Waals surface area contributed by atoms with E-state index >= 15 is 0 Å². The fraction of sp³-hybridized carbons (Fsp3) is 0.818. The molecule has 1 amide bonds. The molecule has 96 valence electrons. The van der Waals surface area contributed by atoms with Gasteiger partial charge in [-0.25, -0.2) is 0 Å². The highest BCUT2D eigenvalue weighted by atomic mass is 16.5. The van der Waals surface area contributed by atoms with Crippen molar-refractivity contribution < 1.29 is 19.4 Å². The third kappa shape index (κ3) is 3.17. The monoisotopic (exact) mass is 242 g/mol. The molecule has 0 aromatic heterocycles. The minimum atomic E-state index is -0.949. The summed E-state index contributed by atoms with van der Waals surface area (Å²) in [7, 11) is 0. The second kappa shape index (κ2) is 5.46. The van der Waals surface area contributed by atoms with Crippen molar-refractivity contribution in [2.45, 2.75) is 31.4 Å². The Bertz CT molecular complexity index is 302. The summed E-state index contributed by atoms with van der Waals surface area (Å²) in [6.07, 6.45) is 2.01. The number of carbonyl (C=O) groups is 2. The van der Waals surface area contributed by atoms with Crippen LogP contribution in [0.2, 0.25) is 0 Å². The summed E-state index contributed by atoms with van der Waals surface area (Å²) >= 11 is 0. The second-order valence-corrected chi connectivity index (χ2v) is 4.52. The van der Waals surface area contributed by atoms with E-state index in [1.54, 1.807) is 4.90 Å². The predicted octanol–water partition coefficient (Wildman–Crippen LogP) is -0.559. The van der Waals surface area contributed by atoms with Crippen LogP contribution in [0.5, 0.6) is 0 Å². The van der Waals surface area contributed by atoms with Crippen molar-refractivity contribution >= 4 is 11.9 Å². The average Bonchev–Trinajstić information content (AvgIpc) is 2.76. The van der Waals surface area contributed by atoms with Gasteiger partial charge in [0.05, 0.1) is 18.6 Å². The van der Waals surface area contributed by atoms with Crippen LogP contribution in [0.1, 0.15) is 19.3 Å². The van der Waals surface area contributed by atoms with Crippen LogP contribution in [0.4, 0.5) is 0 Å². The lowest BCUT2D eigenvalue weighted by Crippen LogP contribution is -2.57. The number of carbonyl (C=O) groups excluding carboxylic acids is 1. The molecule has 2 aliphatic rings. The molecule has 2 atom stereocenters. The van der Waals surface area contributed by atoms with Gasteiger partial charge in [0.2, 0.25) is 5.91 Å². The summed E-state index contributed by atoms with van der Waals surface area (Å²) in [6, 6.07) is -0.581. The van der Waals surface area contributed by atoms with Gasteiger partial charge in [-0.05, 0) is 12.8 Å². The molecule has 0 aromatic carbocycles. The minimum Gasteiger partial charge on any atom is -0.481 e. The van der Waals surface area contributed by atoms with Gasteiger partial charge < -0.3 is 20.1 Å². The summed E-state index contributed by atoms with van der Waals surface area (Å²) in [5.41, 5.74) is 0. The largest absolute Gasteiger partial charge is 0.481 e. The smallest absolute Gasteiger partial charge is 0.305 e. The Morgan fingerprint density at radius 1 is 1.59 bits per heavy atom. The van der Waals surface area contributed by atoms with E-state index in [4.69, 9.17) is 9.84 Å². The summed E-state index contributed by atoms with van der Waals surface area (Å²) < 4.78 is 5.49. The van der Waals surface area contributed by atoms with Crippen LogP contribution >= 0.6 is 0 Å². The van der Waals surface area contributed by atoms with Crippen LogP contribution in [0.25, 0.3) is 0 Å². The van der Waals surface area contributed by atoms with Gasteiger partial charge in [0.15, 0.2) is 0 Å². The molecule has 6 nitrogen and oxygen atoms in total. The molecular formula is C11H18N2O4. The number of amides is 1. The summed E-state index contributed by atoms with van der Waals surface area (Å²) in [5, 5.41) is 11.7. The van der Waals surface area contributed by atoms with Gasteiger partial charge in [0.25, 0.3) is 0 Å². The summed E-state index contributed by atoms with van der Waals surface area (Å²) in [4.78, 5) is 24.3. The molecule has 17 heavy (non-hydrogen) atoms. The lowest BCUT2D eigenvalue weighted by Gasteiger charge is -2.33. The zero-order valence-corrected chi connectivity index (χ0v) is 9.72. The molecule has 2 N–H and O–H groups in total. The highest BCUT2D eigenvalue weighted by Crippen LogP contribution is 2.15. The van der Waals surface area contributed by atoms with Crippen molar-refractivity contribution in [2.24, 2.45) is 0 Å². The zero-order valence-electron chi connectivity index (χ0n) is 9.72. The quantitative estimate of drug-likeness (QED) is 0.691. The molecule has 0 aromatic rings. The molecule has 0 spiro atoms. The molecule has 2 rings (SSSR count). The number of carboxylic acids is 1. The Kier molecular flexibility index (Phi) is 3.96. The number of rotatable bonds is 4. The van der Waals surface area contributed by atoms with Crippen LogP contribution in [-0.2, 0) is 14.3 Å². The SMILES string of the molecule is O=C(O)CC1NCCN(CC2CCCO2)C1=O. The molecule has 2 saturated heterocycles. The predicted molar refractivity (Wildman–Crippen MR) is 59.6 cm³/mol. The van der Waals surface area contributed by atoms with Crippen LogP contribution in [0, 0.1) is 0 Å². The third-order valence-electron chi connectivity index (χ3n) is 3.21. The maximum Gasteiger partial charge on any atom is 0.305 e. The van der Waals surface area contributed by atoms with Gasteiger partial charge >= 0.3 is 5.97 Å². The number of ether oxygens (including phenoxy) is 1. The van der Waals surface area contributed by atoms with Crippen molar-refractivity contribution in [3.8, 4) is 0 Å².